The van der Waals surface area contributed by atoms with Gasteiger partial charge in [-0.15, -0.1) is 12.4 Å². The normalized spacial score (nSPS) is 14.5. The number of anilines is 1. The van der Waals surface area contributed by atoms with Crippen LogP contribution in [0.15, 0.2) is 42.5 Å². The molecule has 1 aromatic heterocycles. The molecule has 1 saturated heterocycles. The van der Waals surface area contributed by atoms with Gasteiger partial charge in [-0.1, -0.05) is 46.7 Å². The van der Waals surface area contributed by atoms with E-state index in [0.29, 0.717) is 27.3 Å². The van der Waals surface area contributed by atoms with Crippen molar-refractivity contribution in [1.29, 1.82) is 0 Å². The van der Waals surface area contributed by atoms with E-state index in [-0.39, 0.29) is 18.3 Å². The number of para-hydroxylation sites is 1. The molecule has 0 aliphatic carbocycles. The summed E-state index contributed by atoms with van der Waals surface area (Å²) >= 11 is 13.8. The van der Waals surface area contributed by atoms with Crippen molar-refractivity contribution in [3.05, 3.63) is 58.1 Å². The lowest BCUT2D eigenvalue weighted by atomic mass is 10.2. The molecular formula is C21H22Cl3N3O2S. The first-order valence-corrected chi connectivity index (χ1v) is 11.1. The van der Waals surface area contributed by atoms with Gasteiger partial charge in [-0.25, -0.2) is 4.98 Å². The summed E-state index contributed by atoms with van der Waals surface area (Å²) in [7, 11) is 0. The van der Waals surface area contributed by atoms with Gasteiger partial charge in [-0.05, 0) is 36.8 Å². The second kappa shape index (κ2) is 10.8. The topological polar surface area (TPSA) is 45.7 Å². The molecule has 0 N–H and O–H groups in total. The number of aromatic nitrogens is 1. The summed E-state index contributed by atoms with van der Waals surface area (Å²) < 4.78 is 6.46. The number of carbonyl (C=O) groups is 1. The number of hydrogen-bond donors (Lipinski definition) is 0. The molecule has 1 aliphatic rings. The Morgan fingerprint density at radius 1 is 1.13 bits per heavy atom. The van der Waals surface area contributed by atoms with E-state index in [0.717, 1.165) is 49.5 Å². The molecule has 0 unspecified atom stereocenters. The quantitative estimate of drug-likeness (QED) is 0.468. The maximum atomic E-state index is 13.4. The van der Waals surface area contributed by atoms with Crippen LogP contribution >= 0.6 is 46.9 Å². The second-order valence-electron chi connectivity index (χ2n) is 6.89. The summed E-state index contributed by atoms with van der Waals surface area (Å²) in [4.78, 5) is 22.1. The first-order chi connectivity index (χ1) is 14.1. The number of fused-ring (bicyclic) bond motifs is 1. The Balaban J connectivity index is 0.00000256. The van der Waals surface area contributed by atoms with Gasteiger partial charge < -0.3 is 4.74 Å². The lowest BCUT2D eigenvalue weighted by Gasteiger charge is -2.27. The fraction of sp³-hybridized carbons (Fsp3) is 0.333. The maximum absolute atomic E-state index is 13.4. The summed E-state index contributed by atoms with van der Waals surface area (Å²) in [5.41, 5.74) is 1.36. The third-order valence-corrected chi connectivity index (χ3v) is 6.32. The molecule has 5 nitrogen and oxygen atoms in total. The Hall–Kier alpha value is -1.41. The predicted octanol–water partition coefficient (Wildman–Crippen LogP) is 5.39. The number of ether oxygens (including phenoxy) is 1. The zero-order chi connectivity index (χ0) is 20.2. The number of benzene rings is 2. The summed E-state index contributed by atoms with van der Waals surface area (Å²) in [5.74, 6) is -0.143. The summed E-state index contributed by atoms with van der Waals surface area (Å²) in [5, 5.41) is 1.58. The van der Waals surface area contributed by atoms with E-state index in [1.165, 1.54) is 11.3 Å². The van der Waals surface area contributed by atoms with Crippen LogP contribution in [0.25, 0.3) is 10.2 Å². The van der Waals surface area contributed by atoms with Gasteiger partial charge in [0.05, 0.1) is 23.4 Å². The summed E-state index contributed by atoms with van der Waals surface area (Å²) in [6.45, 7) is 4.87. The van der Waals surface area contributed by atoms with E-state index in [4.69, 9.17) is 32.9 Å². The van der Waals surface area contributed by atoms with Crippen molar-refractivity contribution in [2.45, 2.75) is 6.42 Å². The van der Waals surface area contributed by atoms with Crippen molar-refractivity contribution >= 4 is 68.2 Å². The molecule has 2 aromatic carbocycles. The van der Waals surface area contributed by atoms with Crippen LogP contribution in [0.1, 0.15) is 16.8 Å². The molecule has 2 heterocycles. The van der Waals surface area contributed by atoms with E-state index in [2.05, 4.69) is 4.90 Å². The van der Waals surface area contributed by atoms with Crippen molar-refractivity contribution in [3.8, 4) is 0 Å². The lowest BCUT2D eigenvalue weighted by molar-refractivity contribution is 0.0376. The highest BCUT2D eigenvalue weighted by Gasteiger charge is 2.22. The third kappa shape index (κ3) is 5.63. The van der Waals surface area contributed by atoms with Crippen LogP contribution < -0.4 is 4.90 Å². The van der Waals surface area contributed by atoms with Crippen molar-refractivity contribution in [2.24, 2.45) is 0 Å². The molecule has 0 bridgehead atoms. The van der Waals surface area contributed by atoms with Gasteiger partial charge in [0, 0.05) is 41.8 Å². The number of thiazole rings is 1. The average molecular weight is 487 g/mol. The monoisotopic (exact) mass is 485 g/mol. The van der Waals surface area contributed by atoms with Crippen molar-refractivity contribution in [1.82, 2.24) is 9.88 Å². The standard InChI is InChI=1S/C21H21Cl2N3O2S.ClH/c22-16-12-15(13-17(23)14-16)20(27)26(7-3-6-25-8-10-28-11-9-25)21-24-18-4-1-2-5-19(18)29-21;/h1-2,4-5,12-14H,3,6-11H2;1H. The number of halogens is 3. The predicted molar refractivity (Wildman–Crippen MR) is 127 cm³/mol. The van der Waals surface area contributed by atoms with Gasteiger partial charge in [-0.2, -0.15) is 0 Å². The Bertz CT molecular complexity index is 955. The molecule has 3 aromatic rings. The Morgan fingerprint density at radius 2 is 1.83 bits per heavy atom. The Labute approximate surface area is 195 Å². The fourth-order valence-corrected chi connectivity index (χ4v) is 4.89. The summed E-state index contributed by atoms with van der Waals surface area (Å²) in [6.07, 6.45) is 0.843. The van der Waals surface area contributed by atoms with Gasteiger partial charge in [0.15, 0.2) is 5.13 Å². The van der Waals surface area contributed by atoms with Gasteiger partial charge >= 0.3 is 0 Å². The molecule has 9 heteroatoms. The SMILES string of the molecule is Cl.O=C(c1cc(Cl)cc(Cl)c1)N(CCCN1CCOCC1)c1nc2ccccc2s1. The van der Waals surface area contributed by atoms with Gasteiger partial charge in [-0.3, -0.25) is 14.6 Å². The van der Waals surface area contributed by atoms with Crippen LogP contribution in [-0.4, -0.2) is 55.2 Å². The zero-order valence-corrected chi connectivity index (χ0v) is 19.4. The molecule has 0 spiro atoms. The molecular weight excluding hydrogens is 465 g/mol. The first kappa shape index (κ1) is 23.3. The number of amides is 1. The third-order valence-electron chi connectivity index (χ3n) is 4.83. The van der Waals surface area contributed by atoms with Gasteiger partial charge in [0.25, 0.3) is 5.91 Å². The van der Waals surface area contributed by atoms with E-state index >= 15 is 0 Å². The average Bonchev–Trinajstić information content (AvgIpc) is 3.14. The van der Waals surface area contributed by atoms with Crippen LogP contribution in [0, 0.1) is 0 Å². The smallest absolute Gasteiger partial charge is 0.260 e. The van der Waals surface area contributed by atoms with Crippen molar-refractivity contribution in [2.75, 3.05) is 44.3 Å². The van der Waals surface area contributed by atoms with Gasteiger partial charge in [0.1, 0.15) is 0 Å². The highest BCUT2D eigenvalue weighted by molar-refractivity contribution is 7.22. The molecule has 160 valence electrons. The lowest BCUT2D eigenvalue weighted by Crippen LogP contribution is -2.39. The minimum atomic E-state index is -0.143. The van der Waals surface area contributed by atoms with E-state index in [1.807, 2.05) is 24.3 Å². The zero-order valence-electron chi connectivity index (χ0n) is 16.2. The number of nitrogens with zero attached hydrogens (tertiary/aromatic N) is 3. The minimum Gasteiger partial charge on any atom is -0.379 e. The number of morpholine rings is 1. The molecule has 4 rings (SSSR count). The molecule has 1 amide bonds. The molecule has 1 fully saturated rings. The van der Waals surface area contributed by atoms with Gasteiger partial charge in [0.2, 0.25) is 0 Å². The molecule has 1 aliphatic heterocycles. The summed E-state index contributed by atoms with van der Waals surface area (Å²) in [6, 6.07) is 12.8. The Morgan fingerprint density at radius 3 is 2.53 bits per heavy atom. The van der Waals surface area contributed by atoms with Crippen LogP contribution in [0.5, 0.6) is 0 Å². The number of hydrogen-bond acceptors (Lipinski definition) is 5. The minimum absolute atomic E-state index is 0. The Kier molecular flexibility index (Phi) is 8.34. The molecule has 30 heavy (non-hydrogen) atoms. The highest BCUT2D eigenvalue weighted by atomic mass is 35.5. The van der Waals surface area contributed by atoms with Crippen molar-refractivity contribution in [3.63, 3.8) is 0 Å². The van der Waals surface area contributed by atoms with Crippen LogP contribution in [0.4, 0.5) is 5.13 Å². The highest BCUT2D eigenvalue weighted by Crippen LogP contribution is 2.30. The van der Waals surface area contributed by atoms with Crippen LogP contribution in [0.2, 0.25) is 10.0 Å². The first-order valence-electron chi connectivity index (χ1n) is 9.54. The molecule has 0 radical (unpaired) electrons. The van der Waals surface area contributed by atoms with E-state index < -0.39 is 0 Å². The van der Waals surface area contributed by atoms with E-state index in [9.17, 15) is 4.79 Å². The van der Waals surface area contributed by atoms with E-state index in [1.54, 1.807) is 23.1 Å². The number of carbonyl (C=O) groups excluding carboxylic acids is 1. The largest absolute Gasteiger partial charge is 0.379 e. The number of rotatable bonds is 6. The second-order valence-corrected chi connectivity index (χ2v) is 8.77. The van der Waals surface area contributed by atoms with Crippen LogP contribution in [0.3, 0.4) is 0 Å². The molecule has 0 atom stereocenters. The maximum Gasteiger partial charge on any atom is 0.260 e. The van der Waals surface area contributed by atoms with Crippen LogP contribution in [-0.2, 0) is 4.74 Å². The fourth-order valence-electron chi connectivity index (χ4n) is 3.37. The molecule has 0 saturated carbocycles. The van der Waals surface area contributed by atoms with Crippen molar-refractivity contribution < 1.29 is 9.53 Å².